The molecule has 1 saturated carbocycles. The molecule has 1 fully saturated rings. The summed E-state index contributed by atoms with van der Waals surface area (Å²) in [5, 5.41) is 11.6. The Bertz CT molecular complexity index is 756. The van der Waals surface area contributed by atoms with E-state index in [1.165, 1.54) is 0 Å². The predicted molar refractivity (Wildman–Crippen MR) is 95.0 cm³/mol. The highest BCUT2D eigenvalue weighted by Gasteiger charge is 2.35. The number of nitrogens with one attached hydrogen (secondary N) is 1. The van der Waals surface area contributed by atoms with Crippen molar-refractivity contribution < 1.29 is 24.2 Å². The molecule has 6 nitrogen and oxygen atoms in total. The largest absolute Gasteiger partial charge is 0.485 e. The Kier molecular flexibility index (Phi) is 5.73. The molecule has 0 atom stereocenters. The van der Waals surface area contributed by atoms with Gasteiger partial charge in [-0.25, -0.2) is 0 Å². The number of aliphatic carboxylic acids is 1. The van der Waals surface area contributed by atoms with Crippen molar-refractivity contribution in [3.05, 3.63) is 60.2 Å². The monoisotopic (exact) mass is 355 g/mol. The van der Waals surface area contributed by atoms with E-state index in [1.54, 1.807) is 12.1 Å². The van der Waals surface area contributed by atoms with E-state index in [1.807, 2.05) is 42.5 Å². The molecule has 0 aliphatic heterocycles. The molecule has 0 spiro atoms. The van der Waals surface area contributed by atoms with Gasteiger partial charge in [-0.05, 0) is 30.5 Å². The van der Waals surface area contributed by atoms with Crippen molar-refractivity contribution >= 4 is 11.9 Å². The molecular formula is C20H21NO5. The van der Waals surface area contributed by atoms with Crippen LogP contribution in [0, 0.1) is 5.92 Å². The van der Waals surface area contributed by atoms with E-state index in [9.17, 15) is 9.59 Å². The summed E-state index contributed by atoms with van der Waals surface area (Å²) < 4.78 is 11.4. The SMILES string of the molecule is O=C(COc1ccccc1OCc1ccccc1)NC1CC(C(=O)O)C1. The lowest BCUT2D eigenvalue weighted by Gasteiger charge is -2.32. The van der Waals surface area contributed by atoms with Crippen LogP contribution in [0.4, 0.5) is 0 Å². The Labute approximate surface area is 151 Å². The van der Waals surface area contributed by atoms with Crippen molar-refractivity contribution in [1.82, 2.24) is 5.32 Å². The fourth-order valence-electron chi connectivity index (χ4n) is 2.77. The fourth-order valence-corrected chi connectivity index (χ4v) is 2.77. The van der Waals surface area contributed by atoms with E-state index in [2.05, 4.69) is 5.32 Å². The average Bonchev–Trinajstić information content (AvgIpc) is 2.62. The van der Waals surface area contributed by atoms with Gasteiger partial charge in [0.15, 0.2) is 18.1 Å². The number of rotatable bonds is 8. The molecule has 0 aromatic heterocycles. The minimum Gasteiger partial charge on any atom is -0.485 e. The first-order valence-electron chi connectivity index (χ1n) is 8.52. The summed E-state index contributed by atoms with van der Waals surface area (Å²) >= 11 is 0. The minimum absolute atomic E-state index is 0.0863. The third kappa shape index (κ3) is 4.75. The summed E-state index contributed by atoms with van der Waals surface area (Å²) in [6.45, 7) is 0.270. The number of carbonyl (C=O) groups excluding carboxylic acids is 1. The normalized spacial score (nSPS) is 18.5. The first-order valence-corrected chi connectivity index (χ1v) is 8.52. The molecule has 1 amide bonds. The highest BCUT2D eigenvalue weighted by molar-refractivity contribution is 5.79. The Balaban J connectivity index is 1.47. The van der Waals surface area contributed by atoms with Gasteiger partial charge in [-0.15, -0.1) is 0 Å². The number of ether oxygens (including phenoxy) is 2. The van der Waals surface area contributed by atoms with Gasteiger partial charge in [0.25, 0.3) is 5.91 Å². The van der Waals surface area contributed by atoms with Gasteiger partial charge in [0.05, 0.1) is 5.92 Å². The first-order chi connectivity index (χ1) is 12.6. The zero-order valence-corrected chi connectivity index (χ0v) is 14.3. The van der Waals surface area contributed by atoms with Crippen LogP contribution in [0.15, 0.2) is 54.6 Å². The van der Waals surface area contributed by atoms with Gasteiger partial charge >= 0.3 is 5.97 Å². The summed E-state index contributed by atoms with van der Waals surface area (Å²) in [7, 11) is 0. The van der Waals surface area contributed by atoms with Gasteiger partial charge in [-0.1, -0.05) is 42.5 Å². The van der Waals surface area contributed by atoms with Crippen molar-refractivity contribution in [1.29, 1.82) is 0 Å². The van der Waals surface area contributed by atoms with Gasteiger partial charge in [0, 0.05) is 6.04 Å². The molecule has 0 heterocycles. The highest BCUT2D eigenvalue weighted by atomic mass is 16.5. The number of hydrogen-bond acceptors (Lipinski definition) is 4. The number of para-hydroxylation sites is 2. The van der Waals surface area contributed by atoms with Crippen LogP contribution in [0.3, 0.4) is 0 Å². The van der Waals surface area contributed by atoms with Crippen molar-refractivity contribution in [3.63, 3.8) is 0 Å². The summed E-state index contributed by atoms with van der Waals surface area (Å²) in [6.07, 6.45) is 0.940. The standard InChI is InChI=1S/C20H21NO5/c22-19(21-16-10-15(11-16)20(23)24)13-26-18-9-5-4-8-17(18)25-12-14-6-2-1-3-7-14/h1-9,15-16H,10-13H2,(H,21,22)(H,23,24). The Hall–Kier alpha value is -3.02. The Morgan fingerprint density at radius 3 is 2.23 bits per heavy atom. The van der Waals surface area contributed by atoms with E-state index >= 15 is 0 Å². The van der Waals surface area contributed by atoms with Crippen LogP contribution in [0.25, 0.3) is 0 Å². The molecular weight excluding hydrogens is 334 g/mol. The van der Waals surface area contributed by atoms with Crippen LogP contribution in [0.5, 0.6) is 11.5 Å². The second kappa shape index (κ2) is 8.38. The molecule has 2 aromatic carbocycles. The Morgan fingerprint density at radius 2 is 1.58 bits per heavy atom. The third-order valence-electron chi connectivity index (χ3n) is 4.30. The van der Waals surface area contributed by atoms with Crippen LogP contribution in [0.2, 0.25) is 0 Å². The molecule has 136 valence electrons. The fraction of sp³-hybridized carbons (Fsp3) is 0.300. The lowest BCUT2D eigenvalue weighted by molar-refractivity contribution is -0.146. The average molecular weight is 355 g/mol. The van der Waals surface area contributed by atoms with Crippen molar-refractivity contribution in [2.75, 3.05) is 6.61 Å². The lowest BCUT2D eigenvalue weighted by atomic mass is 9.80. The van der Waals surface area contributed by atoms with Gasteiger partial charge < -0.3 is 19.9 Å². The topological polar surface area (TPSA) is 84.9 Å². The molecule has 1 aliphatic rings. The highest BCUT2D eigenvalue weighted by Crippen LogP contribution is 2.28. The molecule has 6 heteroatoms. The maximum atomic E-state index is 12.0. The molecule has 2 aromatic rings. The van der Waals surface area contributed by atoms with Gasteiger partial charge in [-0.3, -0.25) is 9.59 Å². The summed E-state index contributed by atoms with van der Waals surface area (Å²) in [5.41, 5.74) is 1.04. The van der Waals surface area contributed by atoms with Gasteiger partial charge in [0.1, 0.15) is 6.61 Å². The maximum Gasteiger partial charge on any atom is 0.306 e. The molecule has 1 aliphatic carbocycles. The smallest absolute Gasteiger partial charge is 0.306 e. The van der Waals surface area contributed by atoms with Crippen molar-refractivity contribution in [2.45, 2.75) is 25.5 Å². The van der Waals surface area contributed by atoms with E-state index in [0.29, 0.717) is 30.9 Å². The van der Waals surface area contributed by atoms with Crippen LogP contribution in [-0.2, 0) is 16.2 Å². The predicted octanol–water partition coefficient (Wildman–Crippen LogP) is 2.62. The summed E-state index contributed by atoms with van der Waals surface area (Å²) in [4.78, 5) is 22.7. The number of hydrogen-bond donors (Lipinski definition) is 2. The van der Waals surface area contributed by atoms with E-state index in [4.69, 9.17) is 14.6 Å². The number of carboxylic acids is 1. The maximum absolute atomic E-state index is 12.0. The number of carbonyl (C=O) groups is 2. The quantitative estimate of drug-likeness (QED) is 0.760. The van der Waals surface area contributed by atoms with Crippen LogP contribution in [-0.4, -0.2) is 29.6 Å². The molecule has 0 unspecified atom stereocenters. The van der Waals surface area contributed by atoms with E-state index in [-0.39, 0.29) is 24.5 Å². The summed E-state index contributed by atoms with van der Waals surface area (Å²) in [5.74, 6) is -0.365. The second-order valence-corrected chi connectivity index (χ2v) is 6.28. The first kappa shape index (κ1) is 17.8. The van der Waals surface area contributed by atoms with E-state index < -0.39 is 5.97 Å². The molecule has 0 saturated heterocycles. The number of benzene rings is 2. The summed E-state index contributed by atoms with van der Waals surface area (Å²) in [6, 6.07) is 16.9. The van der Waals surface area contributed by atoms with Crippen LogP contribution in [0.1, 0.15) is 18.4 Å². The van der Waals surface area contributed by atoms with Crippen molar-refractivity contribution in [2.24, 2.45) is 5.92 Å². The third-order valence-corrected chi connectivity index (χ3v) is 4.30. The van der Waals surface area contributed by atoms with Gasteiger partial charge in [0.2, 0.25) is 0 Å². The lowest BCUT2D eigenvalue weighted by Crippen LogP contribution is -2.48. The molecule has 2 N–H and O–H groups in total. The number of carboxylic acid groups (broad SMARTS) is 1. The second-order valence-electron chi connectivity index (χ2n) is 6.28. The minimum atomic E-state index is -0.809. The molecule has 0 radical (unpaired) electrons. The zero-order valence-electron chi connectivity index (χ0n) is 14.3. The van der Waals surface area contributed by atoms with Crippen LogP contribution >= 0.6 is 0 Å². The molecule has 0 bridgehead atoms. The number of amides is 1. The molecule has 3 rings (SSSR count). The molecule has 26 heavy (non-hydrogen) atoms. The van der Waals surface area contributed by atoms with E-state index in [0.717, 1.165) is 5.56 Å². The van der Waals surface area contributed by atoms with Gasteiger partial charge in [-0.2, -0.15) is 0 Å². The van der Waals surface area contributed by atoms with Crippen molar-refractivity contribution in [3.8, 4) is 11.5 Å². The van der Waals surface area contributed by atoms with Crippen LogP contribution < -0.4 is 14.8 Å². The Morgan fingerprint density at radius 1 is 0.962 bits per heavy atom. The zero-order chi connectivity index (χ0) is 18.4.